The lowest BCUT2D eigenvalue weighted by Gasteiger charge is -2.35. The molecule has 1 aliphatic rings. The normalized spacial score (nSPS) is 20.5. The van der Waals surface area contributed by atoms with Crippen LogP contribution in [0.4, 0.5) is 0 Å². The van der Waals surface area contributed by atoms with Gasteiger partial charge in [-0.2, -0.15) is 0 Å². The molecule has 0 saturated carbocycles. The molecule has 6 heteroatoms. The number of aliphatic carboxylic acids is 1. The van der Waals surface area contributed by atoms with E-state index < -0.39 is 12.1 Å². The van der Waals surface area contributed by atoms with Crippen molar-refractivity contribution < 1.29 is 19.4 Å². The summed E-state index contributed by atoms with van der Waals surface area (Å²) >= 11 is 1.60. The predicted octanol–water partition coefficient (Wildman–Crippen LogP) is 3.06. The number of thioether (sulfide) groups is 1. The maximum atomic E-state index is 12.9. The molecule has 2 atom stereocenters. The molecule has 1 amide bonds. The molecule has 0 spiro atoms. The SMILES string of the molecule is CC(C)=CCSc1ccccc1C(=O)N1CC(C(=O)O)O[C@H](C)C1. The van der Waals surface area contributed by atoms with Crippen molar-refractivity contribution in [1.82, 2.24) is 4.90 Å². The van der Waals surface area contributed by atoms with Gasteiger partial charge in [-0.3, -0.25) is 4.79 Å². The van der Waals surface area contributed by atoms with Crippen LogP contribution in [0.25, 0.3) is 0 Å². The zero-order valence-corrected chi connectivity index (χ0v) is 15.0. The first kappa shape index (κ1) is 18.5. The number of allylic oxidation sites excluding steroid dienone is 1. The highest BCUT2D eigenvalue weighted by molar-refractivity contribution is 7.99. The van der Waals surface area contributed by atoms with Gasteiger partial charge in [0, 0.05) is 17.2 Å². The second-order valence-corrected chi connectivity index (χ2v) is 7.13. The van der Waals surface area contributed by atoms with Crippen molar-refractivity contribution in [3.8, 4) is 0 Å². The standard InChI is InChI=1S/C18H23NO4S/c1-12(2)8-9-24-16-7-5-4-6-14(16)17(20)19-10-13(3)23-15(11-19)18(21)22/h4-8,13,15H,9-11H2,1-3H3,(H,21,22)/t13-,15?/m1/s1. The van der Waals surface area contributed by atoms with E-state index >= 15 is 0 Å². The van der Waals surface area contributed by atoms with Crippen molar-refractivity contribution >= 4 is 23.6 Å². The van der Waals surface area contributed by atoms with E-state index in [-0.39, 0.29) is 18.6 Å². The molecule has 1 unspecified atom stereocenters. The van der Waals surface area contributed by atoms with Gasteiger partial charge in [0.1, 0.15) is 0 Å². The Bertz CT molecular complexity index is 640. The molecule has 130 valence electrons. The lowest BCUT2D eigenvalue weighted by atomic mass is 10.1. The average Bonchev–Trinajstić information content (AvgIpc) is 2.53. The lowest BCUT2D eigenvalue weighted by Crippen LogP contribution is -2.51. The lowest BCUT2D eigenvalue weighted by molar-refractivity contribution is -0.160. The summed E-state index contributed by atoms with van der Waals surface area (Å²) in [6, 6.07) is 7.46. The zero-order chi connectivity index (χ0) is 17.7. The number of hydrogen-bond acceptors (Lipinski definition) is 4. The first-order chi connectivity index (χ1) is 11.4. The predicted molar refractivity (Wildman–Crippen MR) is 94.5 cm³/mol. The Balaban J connectivity index is 2.16. The van der Waals surface area contributed by atoms with E-state index in [1.54, 1.807) is 29.7 Å². The summed E-state index contributed by atoms with van der Waals surface area (Å²) < 4.78 is 5.38. The molecule has 0 aliphatic carbocycles. The van der Waals surface area contributed by atoms with Crippen LogP contribution in [-0.4, -0.2) is 52.9 Å². The fourth-order valence-electron chi connectivity index (χ4n) is 2.49. The van der Waals surface area contributed by atoms with Crippen LogP contribution in [0.2, 0.25) is 0 Å². The van der Waals surface area contributed by atoms with E-state index in [9.17, 15) is 14.7 Å². The van der Waals surface area contributed by atoms with E-state index in [0.717, 1.165) is 10.6 Å². The number of carbonyl (C=O) groups is 2. The van der Waals surface area contributed by atoms with Crippen LogP contribution in [-0.2, 0) is 9.53 Å². The van der Waals surface area contributed by atoms with E-state index in [4.69, 9.17) is 4.74 Å². The number of rotatable bonds is 5. The summed E-state index contributed by atoms with van der Waals surface area (Å²) in [5, 5.41) is 9.18. The van der Waals surface area contributed by atoms with Crippen LogP contribution in [0.5, 0.6) is 0 Å². The molecule has 1 aromatic carbocycles. The van der Waals surface area contributed by atoms with Gasteiger partial charge >= 0.3 is 5.97 Å². The number of carboxylic acid groups (broad SMARTS) is 1. The topological polar surface area (TPSA) is 66.8 Å². The van der Waals surface area contributed by atoms with Gasteiger partial charge in [0.25, 0.3) is 5.91 Å². The highest BCUT2D eigenvalue weighted by Gasteiger charge is 2.33. The Morgan fingerprint density at radius 3 is 2.71 bits per heavy atom. The molecule has 1 heterocycles. The summed E-state index contributed by atoms with van der Waals surface area (Å²) in [5.74, 6) is -0.383. The number of ether oxygens (including phenoxy) is 1. The van der Waals surface area contributed by atoms with Crippen LogP contribution in [0.15, 0.2) is 40.8 Å². The van der Waals surface area contributed by atoms with Crippen molar-refractivity contribution in [3.63, 3.8) is 0 Å². The van der Waals surface area contributed by atoms with Crippen molar-refractivity contribution in [1.29, 1.82) is 0 Å². The number of benzene rings is 1. The molecule has 24 heavy (non-hydrogen) atoms. The molecule has 1 N–H and O–H groups in total. The molecule has 1 fully saturated rings. The van der Waals surface area contributed by atoms with Gasteiger partial charge in [-0.05, 0) is 32.9 Å². The van der Waals surface area contributed by atoms with Crippen molar-refractivity contribution in [3.05, 3.63) is 41.5 Å². The molecular formula is C18H23NO4S. The Hall–Kier alpha value is -1.79. The molecule has 1 aromatic rings. The number of nitrogens with zero attached hydrogens (tertiary/aromatic N) is 1. The van der Waals surface area contributed by atoms with Crippen molar-refractivity contribution in [2.45, 2.75) is 37.9 Å². The minimum Gasteiger partial charge on any atom is -0.479 e. The Labute approximate surface area is 146 Å². The Morgan fingerprint density at radius 1 is 1.33 bits per heavy atom. The maximum absolute atomic E-state index is 12.9. The Morgan fingerprint density at radius 2 is 2.04 bits per heavy atom. The van der Waals surface area contributed by atoms with Gasteiger partial charge in [-0.25, -0.2) is 4.79 Å². The fourth-order valence-corrected chi connectivity index (χ4v) is 3.57. The number of morpholine rings is 1. The van der Waals surface area contributed by atoms with Crippen LogP contribution in [0.1, 0.15) is 31.1 Å². The molecule has 5 nitrogen and oxygen atoms in total. The van der Waals surface area contributed by atoms with E-state index in [0.29, 0.717) is 12.1 Å². The summed E-state index contributed by atoms with van der Waals surface area (Å²) in [7, 11) is 0. The number of amides is 1. The quantitative estimate of drug-likeness (QED) is 0.654. The Kier molecular flexibility index (Phi) is 6.45. The molecule has 0 radical (unpaired) electrons. The minimum absolute atomic E-state index is 0.0749. The fraction of sp³-hybridized carbons (Fsp3) is 0.444. The van der Waals surface area contributed by atoms with E-state index in [1.807, 2.05) is 32.0 Å². The molecular weight excluding hydrogens is 326 g/mol. The molecule has 2 rings (SSSR count). The third kappa shape index (κ3) is 4.85. The third-order valence-electron chi connectivity index (χ3n) is 3.67. The van der Waals surface area contributed by atoms with Gasteiger partial charge in [-0.1, -0.05) is 23.8 Å². The van der Waals surface area contributed by atoms with Crippen LogP contribution in [0, 0.1) is 0 Å². The van der Waals surface area contributed by atoms with Crippen LogP contribution >= 0.6 is 11.8 Å². The highest BCUT2D eigenvalue weighted by atomic mass is 32.2. The number of carbonyl (C=O) groups excluding carboxylic acids is 1. The summed E-state index contributed by atoms with van der Waals surface area (Å²) in [6.07, 6.45) is 0.848. The second kappa shape index (κ2) is 8.35. The van der Waals surface area contributed by atoms with Crippen molar-refractivity contribution in [2.24, 2.45) is 0 Å². The number of carboxylic acids is 1. The van der Waals surface area contributed by atoms with Gasteiger partial charge in [0.05, 0.1) is 18.2 Å². The smallest absolute Gasteiger partial charge is 0.334 e. The van der Waals surface area contributed by atoms with E-state index in [2.05, 4.69) is 6.08 Å². The van der Waals surface area contributed by atoms with Crippen molar-refractivity contribution in [2.75, 3.05) is 18.8 Å². The third-order valence-corrected chi connectivity index (χ3v) is 4.67. The average molecular weight is 349 g/mol. The summed E-state index contributed by atoms with van der Waals surface area (Å²) in [6.45, 7) is 6.34. The van der Waals surface area contributed by atoms with Gasteiger partial charge < -0.3 is 14.7 Å². The van der Waals surface area contributed by atoms with Crippen LogP contribution < -0.4 is 0 Å². The first-order valence-electron chi connectivity index (χ1n) is 7.91. The second-order valence-electron chi connectivity index (χ2n) is 6.07. The van der Waals surface area contributed by atoms with Gasteiger partial charge in [0.2, 0.25) is 0 Å². The molecule has 0 bridgehead atoms. The van der Waals surface area contributed by atoms with E-state index in [1.165, 1.54) is 5.57 Å². The zero-order valence-electron chi connectivity index (χ0n) is 14.2. The highest BCUT2D eigenvalue weighted by Crippen LogP contribution is 2.25. The maximum Gasteiger partial charge on any atom is 0.334 e. The minimum atomic E-state index is -1.04. The van der Waals surface area contributed by atoms with Gasteiger partial charge in [-0.15, -0.1) is 11.8 Å². The summed E-state index contributed by atoms with van der Waals surface area (Å²) in [4.78, 5) is 26.6. The van der Waals surface area contributed by atoms with Gasteiger partial charge in [0.15, 0.2) is 6.10 Å². The molecule has 0 aromatic heterocycles. The summed E-state index contributed by atoms with van der Waals surface area (Å²) in [5.41, 5.74) is 1.85. The number of hydrogen-bond donors (Lipinski definition) is 1. The monoisotopic (exact) mass is 349 g/mol. The first-order valence-corrected chi connectivity index (χ1v) is 8.89. The molecule has 1 saturated heterocycles. The molecule has 1 aliphatic heterocycles. The van der Waals surface area contributed by atoms with Crippen LogP contribution in [0.3, 0.4) is 0 Å². The largest absolute Gasteiger partial charge is 0.479 e.